The van der Waals surface area contributed by atoms with Gasteiger partial charge in [-0.25, -0.2) is 0 Å². The molecular formula is C15H17NS2. The van der Waals surface area contributed by atoms with Crippen LogP contribution in [0.2, 0.25) is 0 Å². The second-order valence-corrected chi connectivity index (χ2v) is 6.58. The Hall–Kier alpha value is -0.900. The van der Waals surface area contributed by atoms with E-state index in [1.807, 2.05) is 11.8 Å². The Kier molecular flexibility index (Phi) is 5.17. The summed E-state index contributed by atoms with van der Waals surface area (Å²) in [6.07, 6.45) is 0. The van der Waals surface area contributed by atoms with Gasteiger partial charge in [-0.3, -0.25) is 4.31 Å². The van der Waals surface area contributed by atoms with Crippen LogP contribution >= 0.6 is 23.7 Å². The molecule has 3 heteroatoms. The lowest BCUT2D eigenvalue weighted by molar-refractivity contribution is 0.702. The smallest absolute Gasteiger partial charge is 0.0231 e. The van der Waals surface area contributed by atoms with Crippen molar-refractivity contribution in [2.75, 3.05) is 14.1 Å². The molecule has 0 heterocycles. The standard InChI is InChI=1S/C15H17NS2/c1-16(2)18-15-10-8-14(9-11-15)17-12-13-6-4-3-5-7-13/h3-11H,12H2,1-2H3. The van der Waals surface area contributed by atoms with Crippen molar-refractivity contribution in [3.8, 4) is 0 Å². The van der Waals surface area contributed by atoms with Crippen LogP contribution in [0.4, 0.5) is 0 Å². The Bertz CT molecular complexity index is 466. The largest absolute Gasteiger partial charge is 0.253 e. The molecule has 0 aromatic heterocycles. The van der Waals surface area contributed by atoms with Gasteiger partial charge in [0.2, 0.25) is 0 Å². The number of hydrogen-bond acceptors (Lipinski definition) is 3. The number of rotatable bonds is 5. The minimum Gasteiger partial charge on any atom is -0.253 e. The quantitative estimate of drug-likeness (QED) is 0.582. The molecule has 94 valence electrons. The Morgan fingerprint density at radius 1 is 0.833 bits per heavy atom. The van der Waals surface area contributed by atoms with Crippen molar-refractivity contribution in [3.63, 3.8) is 0 Å². The number of hydrogen-bond donors (Lipinski definition) is 0. The average Bonchev–Trinajstić information content (AvgIpc) is 2.38. The predicted octanol–water partition coefficient (Wildman–Crippen LogP) is 4.55. The molecule has 18 heavy (non-hydrogen) atoms. The van der Waals surface area contributed by atoms with Crippen LogP contribution in [0.3, 0.4) is 0 Å². The Morgan fingerprint density at radius 2 is 1.44 bits per heavy atom. The highest BCUT2D eigenvalue weighted by atomic mass is 32.2. The summed E-state index contributed by atoms with van der Waals surface area (Å²) in [6, 6.07) is 19.3. The Labute approximate surface area is 118 Å². The van der Waals surface area contributed by atoms with Gasteiger partial charge in [0.1, 0.15) is 0 Å². The van der Waals surface area contributed by atoms with Gasteiger partial charge >= 0.3 is 0 Å². The molecule has 0 atom stereocenters. The topological polar surface area (TPSA) is 3.24 Å². The summed E-state index contributed by atoms with van der Waals surface area (Å²) < 4.78 is 2.10. The summed E-state index contributed by atoms with van der Waals surface area (Å²) >= 11 is 3.62. The number of nitrogens with zero attached hydrogens (tertiary/aromatic N) is 1. The molecule has 2 rings (SSSR count). The van der Waals surface area contributed by atoms with Gasteiger partial charge < -0.3 is 0 Å². The molecule has 0 unspecified atom stereocenters. The van der Waals surface area contributed by atoms with E-state index in [0.717, 1.165) is 5.75 Å². The maximum absolute atomic E-state index is 2.19. The van der Waals surface area contributed by atoms with Crippen LogP contribution in [0.5, 0.6) is 0 Å². The first-order chi connectivity index (χ1) is 8.74. The molecule has 0 aliphatic heterocycles. The van der Waals surface area contributed by atoms with Crippen molar-refractivity contribution >= 4 is 23.7 Å². The van der Waals surface area contributed by atoms with Crippen molar-refractivity contribution in [1.29, 1.82) is 0 Å². The van der Waals surface area contributed by atoms with E-state index in [1.165, 1.54) is 15.4 Å². The predicted molar refractivity (Wildman–Crippen MR) is 82.0 cm³/mol. The molecule has 0 N–H and O–H groups in total. The molecule has 0 aliphatic rings. The van der Waals surface area contributed by atoms with E-state index in [9.17, 15) is 0 Å². The fourth-order valence-electron chi connectivity index (χ4n) is 1.55. The first-order valence-electron chi connectivity index (χ1n) is 5.86. The highest BCUT2D eigenvalue weighted by Crippen LogP contribution is 2.26. The Balaban J connectivity index is 1.90. The normalized spacial score (nSPS) is 10.8. The third-order valence-corrected chi connectivity index (χ3v) is 4.29. The first-order valence-corrected chi connectivity index (χ1v) is 7.62. The molecule has 2 aromatic rings. The molecule has 0 bridgehead atoms. The molecule has 0 aliphatic carbocycles. The lowest BCUT2D eigenvalue weighted by atomic mass is 10.2. The summed E-state index contributed by atoms with van der Waals surface area (Å²) in [6.45, 7) is 0. The zero-order valence-electron chi connectivity index (χ0n) is 10.7. The van der Waals surface area contributed by atoms with E-state index in [4.69, 9.17) is 0 Å². The summed E-state index contributed by atoms with van der Waals surface area (Å²) in [5.41, 5.74) is 1.37. The number of benzene rings is 2. The van der Waals surface area contributed by atoms with Crippen LogP contribution in [-0.2, 0) is 5.75 Å². The average molecular weight is 275 g/mol. The van der Waals surface area contributed by atoms with Gasteiger partial charge in [0.15, 0.2) is 0 Å². The lowest BCUT2D eigenvalue weighted by Gasteiger charge is -2.08. The van der Waals surface area contributed by atoms with Crippen LogP contribution in [0, 0.1) is 0 Å². The molecule has 0 fully saturated rings. The highest BCUT2D eigenvalue weighted by molar-refractivity contribution is 7.98. The van der Waals surface area contributed by atoms with Crippen LogP contribution < -0.4 is 0 Å². The fourth-order valence-corrected chi connectivity index (χ4v) is 3.08. The molecular weight excluding hydrogens is 258 g/mol. The molecule has 1 nitrogen and oxygen atoms in total. The van der Waals surface area contributed by atoms with E-state index in [1.54, 1.807) is 11.9 Å². The maximum Gasteiger partial charge on any atom is 0.0231 e. The van der Waals surface area contributed by atoms with Gasteiger partial charge in [-0.05, 0) is 55.9 Å². The molecule has 0 saturated carbocycles. The lowest BCUT2D eigenvalue weighted by Crippen LogP contribution is -1.98. The minimum absolute atomic E-state index is 1.03. The first kappa shape index (κ1) is 13.5. The second-order valence-electron chi connectivity index (χ2n) is 4.15. The summed E-state index contributed by atoms with van der Waals surface area (Å²) in [5.74, 6) is 1.03. The second kappa shape index (κ2) is 6.88. The van der Waals surface area contributed by atoms with Crippen molar-refractivity contribution in [1.82, 2.24) is 4.31 Å². The van der Waals surface area contributed by atoms with Gasteiger partial charge in [-0.1, -0.05) is 30.3 Å². The van der Waals surface area contributed by atoms with Crippen molar-refractivity contribution in [2.24, 2.45) is 0 Å². The van der Waals surface area contributed by atoms with E-state index in [0.29, 0.717) is 0 Å². The molecule has 2 aromatic carbocycles. The highest BCUT2D eigenvalue weighted by Gasteiger charge is 1.98. The van der Waals surface area contributed by atoms with Crippen molar-refractivity contribution in [3.05, 3.63) is 60.2 Å². The summed E-state index contributed by atoms with van der Waals surface area (Å²) in [7, 11) is 4.12. The Morgan fingerprint density at radius 3 is 2.06 bits per heavy atom. The third kappa shape index (κ3) is 4.41. The molecule has 0 saturated heterocycles. The SMILES string of the molecule is CN(C)Sc1ccc(SCc2ccccc2)cc1. The van der Waals surface area contributed by atoms with E-state index in [2.05, 4.69) is 73.0 Å². The minimum atomic E-state index is 1.03. The van der Waals surface area contributed by atoms with Gasteiger partial charge in [-0.2, -0.15) is 0 Å². The van der Waals surface area contributed by atoms with Crippen LogP contribution in [0.1, 0.15) is 5.56 Å². The van der Waals surface area contributed by atoms with E-state index >= 15 is 0 Å². The monoisotopic (exact) mass is 275 g/mol. The summed E-state index contributed by atoms with van der Waals surface area (Å²) in [5, 5.41) is 0. The zero-order valence-corrected chi connectivity index (χ0v) is 12.3. The maximum atomic E-state index is 2.19. The zero-order chi connectivity index (χ0) is 12.8. The van der Waals surface area contributed by atoms with E-state index in [-0.39, 0.29) is 0 Å². The van der Waals surface area contributed by atoms with Gasteiger partial charge in [0, 0.05) is 15.5 Å². The van der Waals surface area contributed by atoms with Gasteiger partial charge in [0.05, 0.1) is 0 Å². The van der Waals surface area contributed by atoms with Crippen molar-refractivity contribution in [2.45, 2.75) is 15.5 Å². The van der Waals surface area contributed by atoms with E-state index < -0.39 is 0 Å². The fraction of sp³-hybridized carbons (Fsp3) is 0.200. The number of thioether (sulfide) groups is 1. The van der Waals surface area contributed by atoms with Crippen LogP contribution in [0.25, 0.3) is 0 Å². The molecule has 0 amide bonds. The molecule has 0 spiro atoms. The molecule has 0 radical (unpaired) electrons. The van der Waals surface area contributed by atoms with Crippen molar-refractivity contribution < 1.29 is 0 Å². The van der Waals surface area contributed by atoms with Crippen LogP contribution in [0.15, 0.2) is 64.4 Å². The summed E-state index contributed by atoms with van der Waals surface area (Å²) in [4.78, 5) is 2.60. The van der Waals surface area contributed by atoms with Gasteiger partial charge in [0.25, 0.3) is 0 Å². The van der Waals surface area contributed by atoms with Gasteiger partial charge in [-0.15, -0.1) is 11.8 Å². The third-order valence-electron chi connectivity index (χ3n) is 2.36. The van der Waals surface area contributed by atoms with Crippen LogP contribution in [-0.4, -0.2) is 18.4 Å².